The van der Waals surface area contributed by atoms with E-state index in [0.717, 1.165) is 23.1 Å². The molecule has 7 heteroatoms. The SMILES string of the molecule is O=C(O)C1CCCN1C(c1cccc(C(F)(F)F)c1)c1ccnc2ccccc12. The number of nitrogens with zero attached hydrogens (tertiary/aromatic N) is 2. The summed E-state index contributed by atoms with van der Waals surface area (Å²) in [6.45, 7) is 0.495. The number of pyridine rings is 1. The minimum Gasteiger partial charge on any atom is -0.480 e. The Hall–Kier alpha value is -2.93. The first-order valence-electron chi connectivity index (χ1n) is 9.35. The smallest absolute Gasteiger partial charge is 0.416 e. The monoisotopic (exact) mass is 400 g/mol. The highest BCUT2D eigenvalue weighted by Gasteiger charge is 2.38. The van der Waals surface area contributed by atoms with E-state index in [4.69, 9.17) is 0 Å². The maximum Gasteiger partial charge on any atom is 0.416 e. The summed E-state index contributed by atoms with van der Waals surface area (Å²) in [7, 11) is 0. The number of fused-ring (bicyclic) bond motifs is 1. The van der Waals surface area contributed by atoms with E-state index < -0.39 is 29.8 Å². The van der Waals surface area contributed by atoms with Crippen LogP contribution in [0.4, 0.5) is 13.2 Å². The van der Waals surface area contributed by atoms with Crippen molar-refractivity contribution in [3.63, 3.8) is 0 Å². The first kappa shape index (κ1) is 19.4. The highest BCUT2D eigenvalue weighted by atomic mass is 19.4. The molecule has 3 aromatic rings. The number of rotatable bonds is 4. The van der Waals surface area contributed by atoms with Gasteiger partial charge in [-0.15, -0.1) is 0 Å². The molecule has 150 valence electrons. The molecule has 4 nitrogen and oxygen atoms in total. The molecular weight excluding hydrogens is 381 g/mol. The summed E-state index contributed by atoms with van der Waals surface area (Å²) in [6, 6.07) is 12.9. The van der Waals surface area contributed by atoms with Gasteiger partial charge in [-0.25, -0.2) is 0 Å². The van der Waals surface area contributed by atoms with Crippen molar-refractivity contribution in [3.8, 4) is 0 Å². The number of halogens is 3. The van der Waals surface area contributed by atoms with E-state index in [0.29, 0.717) is 30.5 Å². The second kappa shape index (κ2) is 7.48. The number of carboxylic acid groups (broad SMARTS) is 1. The van der Waals surface area contributed by atoms with Crippen LogP contribution in [-0.2, 0) is 11.0 Å². The van der Waals surface area contributed by atoms with Crippen molar-refractivity contribution in [1.82, 2.24) is 9.88 Å². The molecule has 1 aliphatic rings. The van der Waals surface area contributed by atoms with Gasteiger partial charge >= 0.3 is 12.1 Å². The second-order valence-electron chi connectivity index (χ2n) is 7.18. The number of carbonyl (C=O) groups is 1. The van der Waals surface area contributed by atoms with Crippen molar-refractivity contribution in [2.24, 2.45) is 0 Å². The second-order valence-corrected chi connectivity index (χ2v) is 7.18. The fourth-order valence-electron chi connectivity index (χ4n) is 4.15. The number of benzene rings is 2. The summed E-state index contributed by atoms with van der Waals surface area (Å²) in [5, 5.41) is 10.5. The quantitative estimate of drug-likeness (QED) is 0.677. The molecule has 0 spiro atoms. The van der Waals surface area contributed by atoms with Crippen LogP contribution in [0.5, 0.6) is 0 Å². The highest BCUT2D eigenvalue weighted by Crippen LogP contribution is 2.39. The number of hydrogen-bond acceptors (Lipinski definition) is 3. The molecule has 2 unspecified atom stereocenters. The Morgan fingerprint density at radius 1 is 1.14 bits per heavy atom. The van der Waals surface area contributed by atoms with E-state index in [2.05, 4.69) is 4.98 Å². The molecule has 0 bridgehead atoms. The maximum absolute atomic E-state index is 13.4. The van der Waals surface area contributed by atoms with Crippen LogP contribution in [-0.4, -0.2) is 33.5 Å². The number of likely N-dealkylation sites (tertiary alicyclic amines) is 1. The predicted molar refractivity (Wildman–Crippen MR) is 102 cm³/mol. The number of aliphatic carboxylic acids is 1. The van der Waals surface area contributed by atoms with Crippen molar-refractivity contribution < 1.29 is 23.1 Å². The molecule has 0 amide bonds. The van der Waals surface area contributed by atoms with Crippen LogP contribution < -0.4 is 0 Å². The fraction of sp³-hybridized carbons (Fsp3) is 0.273. The molecule has 2 aromatic carbocycles. The molecule has 2 heterocycles. The van der Waals surface area contributed by atoms with Gasteiger partial charge in [-0.2, -0.15) is 13.2 Å². The molecule has 1 aliphatic heterocycles. The zero-order chi connectivity index (χ0) is 20.6. The minimum atomic E-state index is -4.47. The normalized spacial score (nSPS) is 18.8. The van der Waals surface area contributed by atoms with Gasteiger partial charge in [0.1, 0.15) is 6.04 Å². The molecule has 1 fully saturated rings. The van der Waals surface area contributed by atoms with Crippen LogP contribution in [0.2, 0.25) is 0 Å². The molecule has 0 radical (unpaired) electrons. The van der Waals surface area contributed by atoms with Gasteiger partial charge in [-0.1, -0.05) is 30.3 Å². The van der Waals surface area contributed by atoms with Gasteiger partial charge in [0.05, 0.1) is 17.1 Å². The van der Waals surface area contributed by atoms with E-state index in [1.54, 1.807) is 23.2 Å². The van der Waals surface area contributed by atoms with Gasteiger partial charge in [-0.3, -0.25) is 14.7 Å². The first-order valence-corrected chi connectivity index (χ1v) is 9.35. The zero-order valence-electron chi connectivity index (χ0n) is 15.4. The van der Waals surface area contributed by atoms with Crippen LogP contribution in [0, 0.1) is 0 Å². The molecule has 0 saturated carbocycles. The molecule has 0 aliphatic carbocycles. The van der Waals surface area contributed by atoms with Gasteiger partial charge in [0.25, 0.3) is 0 Å². The molecular formula is C22H19F3N2O2. The molecule has 2 atom stereocenters. The summed E-state index contributed by atoms with van der Waals surface area (Å²) in [5.41, 5.74) is 1.14. The summed E-state index contributed by atoms with van der Waals surface area (Å²) in [4.78, 5) is 18.0. The van der Waals surface area contributed by atoms with Gasteiger partial charge in [0.15, 0.2) is 0 Å². The summed E-state index contributed by atoms with van der Waals surface area (Å²) in [5.74, 6) is -0.960. The lowest BCUT2D eigenvalue weighted by atomic mass is 9.92. The van der Waals surface area contributed by atoms with E-state index in [-0.39, 0.29) is 0 Å². The van der Waals surface area contributed by atoms with Crippen molar-refractivity contribution in [1.29, 1.82) is 0 Å². The summed E-state index contributed by atoms with van der Waals surface area (Å²) < 4.78 is 40.1. The third-order valence-electron chi connectivity index (χ3n) is 5.42. The largest absolute Gasteiger partial charge is 0.480 e. The van der Waals surface area contributed by atoms with Crippen molar-refractivity contribution in [2.45, 2.75) is 31.1 Å². The molecule has 4 rings (SSSR count). The number of alkyl halides is 3. The van der Waals surface area contributed by atoms with Gasteiger partial charge in [0.2, 0.25) is 0 Å². The van der Waals surface area contributed by atoms with Crippen LogP contribution in [0.25, 0.3) is 10.9 Å². The average Bonchev–Trinajstić information content (AvgIpc) is 3.18. The van der Waals surface area contributed by atoms with Gasteiger partial charge < -0.3 is 5.11 Å². The van der Waals surface area contributed by atoms with Crippen molar-refractivity contribution in [3.05, 3.63) is 77.5 Å². The lowest BCUT2D eigenvalue weighted by Gasteiger charge is -2.33. The maximum atomic E-state index is 13.4. The highest BCUT2D eigenvalue weighted by molar-refractivity contribution is 5.83. The van der Waals surface area contributed by atoms with E-state index in [1.165, 1.54) is 6.07 Å². The number of para-hydroxylation sites is 1. The number of carboxylic acids is 1. The molecule has 1 aromatic heterocycles. The van der Waals surface area contributed by atoms with E-state index >= 15 is 0 Å². The fourth-order valence-corrected chi connectivity index (χ4v) is 4.15. The standard InChI is InChI=1S/C22H19F3N2O2/c23-22(24,25)15-6-3-5-14(13-15)20(27-12-4-9-19(27)21(28)29)17-10-11-26-18-8-2-1-7-16(17)18/h1-3,5-8,10-11,13,19-20H,4,9,12H2,(H,28,29). The number of hydrogen-bond donors (Lipinski definition) is 1. The van der Waals surface area contributed by atoms with Gasteiger partial charge in [-0.05, 0) is 48.2 Å². The third-order valence-corrected chi connectivity index (χ3v) is 5.42. The lowest BCUT2D eigenvalue weighted by molar-refractivity contribution is -0.143. The van der Waals surface area contributed by atoms with Crippen LogP contribution in [0.15, 0.2) is 60.8 Å². The molecule has 29 heavy (non-hydrogen) atoms. The zero-order valence-corrected chi connectivity index (χ0v) is 15.4. The van der Waals surface area contributed by atoms with Crippen LogP contribution in [0.3, 0.4) is 0 Å². The summed E-state index contributed by atoms with van der Waals surface area (Å²) >= 11 is 0. The Balaban J connectivity index is 1.92. The predicted octanol–water partition coefficient (Wildman–Crippen LogP) is 4.89. The van der Waals surface area contributed by atoms with E-state index in [9.17, 15) is 23.1 Å². The third kappa shape index (κ3) is 3.70. The Labute approximate surface area is 165 Å². The topological polar surface area (TPSA) is 53.4 Å². The lowest BCUT2D eigenvalue weighted by Crippen LogP contribution is -2.39. The van der Waals surface area contributed by atoms with Crippen LogP contribution >= 0.6 is 0 Å². The Morgan fingerprint density at radius 2 is 1.93 bits per heavy atom. The Bertz CT molecular complexity index is 1050. The summed E-state index contributed by atoms with van der Waals surface area (Å²) in [6.07, 6.45) is -1.72. The van der Waals surface area contributed by atoms with Crippen molar-refractivity contribution >= 4 is 16.9 Å². The first-order chi connectivity index (χ1) is 13.9. The minimum absolute atomic E-state index is 0.421. The van der Waals surface area contributed by atoms with Gasteiger partial charge in [0, 0.05) is 18.1 Å². The molecule has 1 saturated heterocycles. The average molecular weight is 400 g/mol. The van der Waals surface area contributed by atoms with Crippen LogP contribution in [0.1, 0.15) is 35.6 Å². The Kier molecular flexibility index (Phi) is 5.00. The Morgan fingerprint density at radius 3 is 2.69 bits per heavy atom. The number of aromatic nitrogens is 1. The van der Waals surface area contributed by atoms with Crippen molar-refractivity contribution in [2.75, 3.05) is 6.54 Å². The van der Waals surface area contributed by atoms with E-state index in [1.807, 2.05) is 24.3 Å². The molecule has 1 N–H and O–H groups in total.